The first kappa shape index (κ1) is 11.6. The number of carbonyl (C=O) groups is 1. The van der Waals surface area contributed by atoms with Gasteiger partial charge in [-0.15, -0.1) is 11.8 Å². The molecule has 0 fully saturated rings. The summed E-state index contributed by atoms with van der Waals surface area (Å²) < 4.78 is 9.52. The Labute approximate surface area is 77.8 Å². The summed E-state index contributed by atoms with van der Waals surface area (Å²) in [7, 11) is 0. The van der Waals surface area contributed by atoms with Crippen molar-refractivity contribution in [3.8, 4) is 0 Å². The van der Waals surface area contributed by atoms with Crippen LogP contribution < -0.4 is 0 Å². The Morgan fingerprint density at radius 1 is 1.33 bits per heavy atom. The summed E-state index contributed by atoms with van der Waals surface area (Å²) in [4.78, 5) is 10.8. The molecule has 0 aliphatic rings. The molecule has 0 saturated heterocycles. The minimum atomic E-state index is -0.585. The van der Waals surface area contributed by atoms with Gasteiger partial charge in [0, 0.05) is 5.25 Å². The van der Waals surface area contributed by atoms with Crippen molar-refractivity contribution in [3.05, 3.63) is 0 Å². The van der Waals surface area contributed by atoms with E-state index in [0.717, 1.165) is 0 Å². The highest BCUT2D eigenvalue weighted by Gasteiger charge is 2.06. The predicted octanol–water partition coefficient (Wildman–Crippen LogP) is 2.65. The second kappa shape index (κ2) is 6.17. The number of carbonyl (C=O) groups excluding carboxylic acids is 1. The summed E-state index contributed by atoms with van der Waals surface area (Å²) in [5, 5.41) is 0.469. The molecule has 0 N–H and O–H groups in total. The van der Waals surface area contributed by atoms with Crippen LogP contribution >= 0.6 is 11.8 Å². The maximum atomic E-state index is 10.8. The van der Waals surface area contributed by atoms with Crippen molar-refractivity contribution in [2.24, 2.45) is 0 Å². The molecule has 72 valence electrons. The molecule has 3 nitrogen and oxygen atoms in total. The molecule has 0 unspecified atom stereocenters. The Kier molecular flexibility index (Phi) is 5.98. The van der Waals surface area contributed by atoms with E-state index >= 15 is 0 Å². The maximum absolute atomic E-state index is 10.8. The molecule has 4 heteroatoms. The lowest BCUT2D eigenvalue weighted by Gasteiger charge is -2.09. The molecule has 12 heavy (non-hydrogen) atoms. The SMILES string of the molecule is CC(C)OC(=O)OCSC(C)C. The minimum absolute atomic E-state index is 0.110. The lowest BCUT2D eigenvalue weighted by Crippen LogP contribution is -2.13. The standard InChI is InChI=1S/C8H16O3S/c1-6(2)11-8(9)10-5-12-7(3)4/h6-7H,5H2,1-4H3. The Balaban J connectivity index is 3.32. The van der Waals surface area contributed by atoms with Crippen LogP contribution in [-0.2, 0) is 9.47 Å². The fourth-order valence-electron chi connectivity index (χ4n) is 0.445. The van der Waals surface area contributed by atoms with Crippen LogP contribution in [0.2, 0.25) is 0 Å². The van der Waals surface area contributed by atoms with Crippen LogP contribution in [0.25, 0.3) is 0 Å². The molecule has 0 rings (SSSR count). The number of hydrogen-bond donors (Lipinski definition) is 0. The predicted molar refractivity (Wildman–Crippen MR) is 50.3 cm³/mol. The van der Waals surface area contributed by atoms with Crippen molar-refractivity contribution < 1.29 is 14.3 Å². The second-order valence-electron chi connectivity index (χ2n) is 2.89. The van der Waals surface area contributed by atoms with Crippen LogP contribution in [0.1, 0.15) is 27.7 Å². The quantitative estimate of drug-likeness (QED) is 0.506. The largest absolute Gasteiger partial charge is 0.509 e. The Hall–Kier alpha value is -0.380. The van der Waals surface area contributed by atoms with Gasteiger partial charge in [-0.2, -0.15) is 0 Å². The van der Waals surface area contributed by atoms with Crippen LogP contribution in [0.3, 0.4) is 0 Å². The lowest BCUT2D eigenvalue weighted by molar-refractivity contribution is 0.0461. The van der Waals surface area contributed by atoms with Crippen LogP contribution in [0.15, 0.2) is 0 Å². The monoisotopic (exact) mass is 192 g/mol. The molecular formula is C8H16O3S. The van der Waals surface area contributed by atoms with Crippen molar-refractivity contribution in [2.75, 3.05) is 5.94 Å². The Morgan fingerprint density at radius 2 is 1.92 bits per heavy atom. The van der Waals surface area contributed by atoms with Gasteiger partial charge in [-0.25, -0.2) is 4.79 Å². The van der Waals surface area contributed by atoms with E-state index < -0.39 is 6.16 Å². The summed E-state index contributed by atoms with van der Waals surface area (Å²) in [5.74, 6) is 0.364. The molecule has 0 bridgehead atoms. The molecule has 0 heterocycles. The number of thioether (sulfide) groups is 1. The smallest absolute Gasteiger partial charge is 0.432 e. The van der Waals surface area contributed by atoms with E-state index in [4.69, 9.17) is 9.47 Å². The van der Waals surface area contributed by atoms with E-state index in [0.29, 0.717) is 11.2 Å². The van der Waals surface area contributed by atoms with Gasteiger partial charge < -0.3 is 9.47 Å². The van der Waals surface area contributed by atoms with Gasteiger partial charge in [-0.3, -0.25) is 0 Å². The normalized spacial score (nSPS) is 10.5. The van der Waals surface area contributed by atoms with Gasteiger partial charge in [-0.05, 0) is 13.8 Å². The molecule has 0 aliphatic heterocycles. The Bertz CT molecular complexity index is 134. The zero-order chi connectivity index (χ0) is 9.56. The van der Waals surface area contributed by atoms with Crippen molar-refractivity contribution in [2.45, 2.75) is 39.0 Å². The Morgan fingerprint density at radius 3 is 2.33 bits per heavy atom. The molecule has 0 radical (unpaired) electrons. The third-order valence-electron chi connectivity index (χ3n) is 0.910. The van der Waals surface area contributed by atoms with Crippen LogP contribution in [0.5, 0.6) is 0 Å². The fourth-order valence-corrected chi connectivity index (χ4v) is 0.881. The minimum Gasteiger partial charge on any atom is -0.432 e. The third kappa shape index (κ3) is 7.72. The fraction of sp³-hybridized carbons (Fsp3) is 0.875. The van der Waals surface area contributed by atoms with E-state index in [1.165, 1.54) is 0 Å². The average molecular weight is 192 g/mol. The van der Waals surface area contributed by atoms with Crippen LogP contribution in [0, 0.1) is 0 Å². The maximum Gasteiger partial charge on any atom is 0.509 e. The summed E-state index contributed by atoms with van der Waals surface area (Å²) in [5.41, 5.74) is 0. The van der Waals surface area contributed by atoms with Gasteiger partial charge in [0.2, 0.25) is 0 Å². The summed E-state index contributed by atoms with van der Waals surface area (Å²) in [6.45, 7) is 7.66. The molecule has 0 spiro atoms. The van der Waals surface area contributed by atoms with Crippen molar-refractivity contribution >= 4 is 17.9 Å². The lowest BCUT2D eigenvalue weighted by atomic mass is 10.5. The highest BCUT2D eigenvalue weighted by Crippen LogP contribution is 2.09. The van der Waals surface area contributed by atoms with Gasteiger partial charge in [-0.1, -0.05) is 13.8 Å². The van der Waals surface area contributed by atoms with Crippen LogP contribution in [0.4, 0.5) is 4.79 Å². The number of hydrogen-bond acceptors (Lipinski definition) is 4. The van der Waals surface area contributed by atoms with E-state index in [2.05, 4.69) is 0 Å². The van der Waals surface area contributed by atoms with E-state index in [1.807, 2.05) is 13.8 Å². The van der Waals surface area contributed by atoms with Crippen molar-refractivity contribution in [1.82, 2.24) is 0 Å². The highest BCUT2D eigenvalue weighted by atomic mass is 32.2. The zero-order valence-electron chi connectivity index (χ0n) is 7.99. The third-order valence-corrected chi connectivity index (χ3v) is 1.83. The van der Waals surface area contributed by atoms with E-state index in [1.54, 1.807) is 25.6 Å². The zero-order valence-corrected chi connectivity index (χ0v) is 8.81. The highest BCUT2D eigenvalue weighted by molar-refractivity contribution is 7.99. The van der Waals surface area contributed by atoms with E-state index in [-0.39, 0.29) is 6.10 Å². The molecule has 0 aliphatic carbocycles. The first-order chi connectivity index (χ1) is 5.52. The first-order valence-electron chi connectivity index (χ1n) is 3.97. The van der Waals surface area contributed by atoms with Gasteiger partial charge in [0.25, 0.3) is 0 Å². The topological polar surface area (TPSA) is 35.5 Å². The molecule has 0 saturated carbocycles. The van der Waals surface area contributed by atoms with E-state index in [9.17, 15) is 4.79 Å². The van der Waals surface area contributed by atoms with Crippen LogP contribution in [-0.4, -0.2) is 23.4 Å². The molecular weight excluding hydrogens is 176 g/mol. The molecule has 0 atom stereocenters. The average Bonchev–Trinajstić information content (AvgIpc) is 1.84. The van der Waals surface area contributed by atoms with Gasteiger partial charge in [0.1, 0.15) is 5.94 Å². The molecule has 0 aromatic rings. The van der Waals surface area contributed by atoms with Gasteiger partial charge in [0.15, 0.2) is 0 Å². The summed E-state index contributed by atoms with van der Waals surface area (Å²) >= 11 is 1.56. The number of rotatable bonds is 4. The van der Waals surface area contributed by atoms with Gasteiger partial charge >= 0.3 is 6.16 Å². The summed E-state index contributed by atoms with van der Waals surface area (Å²) in [6, 6.07) is 0. The van der Waals surface area contributed by atoms with Crippen molar-refractivity contribution in [3.63, 3.8) is 0 Å². The van der Waals surface area contributed by atoms with Crippen molar-refractivity contribution in [1.29, 1.82) is 0 Å². The molecule has 0 aromatic heterocycles. The second-order valence-corrected chi connectivity index (χ2v) is 4.41. The first-order valence-corrected chi connectivity index (χ1v) is 5.02. The molecule has 0 aromatic carbocycles. The summed E-state index contributed by atoms with van der Waals surface area (Å²) in [6.07, 6.45) is -0.695. The molecule has 0 amide bonds. The van der Waals surface area contributed by atoms with Gasteiger partial charge in [0.05, 0.1) is 6.10 Å². The number of ether oxygens (including phenoxy) is 2.